The zero-order valence-corrected chi connectivity index (χ0v) is 14.5. The molecule has 0 saturated carbocycles. The molecule has 0 bridgehead atoms. The SMILES string of the molecule is O=C(c1cnc(CC2CCNCC2)s1)N1CCc2cc(F)c(F)cc21. The first-order valence-electron chi connectivity index (χ1n) is 8.57. The molecule has 25 heavy (non-hydrogen) atoms. The number of nitrogens with one attached hydrogen (secondary N) is 1. The zero-order chi connectivity index (χ0) is 17.4. The predicted molar refractivity (Wildman–Crippen MR) is 93.2 cm³/mol. The first-order chi connectivity index (χ1) is 12.1. The first-order valence-corrected chi connectivity index (χ1v) is 9.38. The van der Waals surface area contributed by atoms with Crippen molar-refractivity contribution in [1.29, 1.82) is 0 Å². The smallest absolute Gasteiger partial charge is 0.270 e. The number of nitrogens with zero attached hydrogens (tertiary/aromatic N) is 2. The van der Waals surface area contributed by atoms with Crippen LogP contribution in [-0.2, 0) is 12.8 Å². The molecule has 4 rings (SSSR count). The molecule has 3 heterocycles. The highest BCUT2D eigenvalue weighted by molar-refractivity contribution is 7.13. The van der Waals surface area contributed by atoms with E-state index in [1.165, 1.54) is 22.3 Å². The van der Waals surface area contributed by atoms with E-state index in [-0.39, 0.29) is 5.91 Å². The van der Waals surface area contributed by atoms with Crippen molar-refractivity contribution < 1.29 is 13.6 Å². The first kappa shape index (κ1) is 16.6. The molecule has 1 aromatic heterocycles. The third-order valence-corrected chi connectivity index (χ3v) is 5.96. The molecule has 0 unspecified atom stereocenters. The highest BCUT2D eigenvalue weighted by Crippen LogP contribution is 2.32. The van der Waals surface area contributed by atoms with Gasteiger partial charge in [-0.3, -0.25) is 4.79 Å². The molecule has 0 spiro atoms. The average molecular weight is 363 g/mol. The van der Waals surface area contributed by atoms with Crippen LogP contribution in [0.4, 0.5) is 14.5 Å². The Morgan fingerprint density at radius 1 is 1.28 bits per heavy atom. The molecule has 1 amide bonds. The van der Waals surface area contributed by atoms with E-state index >= 15 is 0 Å². The van der Waals surface area contributed by atoms with Gasteiger partial charge in [0.25, 0.3) is 5.91 Å². The summed E-state index contributed by atoms with van der Waals surface area (Å²) >= 11 is 1.41. The van der Waals surface area contributed by atoms with Crippen LogP contribution in [-0.4, -0.2) is 30.5 Å². The molecule has 2 aliphatic heterocycles. The van der Waals surface area contributed by atoms with Gasteiger partial charge in [0.1, 0.15) is 4.88 Å². The van der Waals surface area contributed by atoms with Crippen LogP contribution in [0.5, 0.6) is 0 Å². The highest BCUT2D eigenvalue weighted by Gasteiger charge is 2.28. The second-order valence-corrected chi connectivity index (χ2v) is 7.73. The van der Waals surface area contributed by atoms with Crippen molar-refractivity contribution in [2.45, 2.75) is 25.7 Å². The van der Waals surface area contributed by atoms with Crippen LogP contribution in [0, 0.1) is 17.6 Å². The number of aromatic nitrogens is 1. The predicted octanol–water partition coefficient (Wildman–Crippen LogP) is 3.17. The largest absolute Gasteiger partial charge is 0.317 e. The van der Waals surface area contributed by atoms with Crippen LogP contribution < -0.4 is 10.2 Å². The van der Waals surface area contributed by atoms with Gasteiger partial charge in [-0.2, -0.15) is 0 Å². The highest BCUT2D eigenvalue weighted by atomic mass is 32.1. The number of hydrogen-bond acceptors (Lipinski definition) is 4. The number of benzene rings is 1. The van der Waals surface area contributed by atoms with Crippen LogP contribution in [0.15, 0.2) is 18.3 Å². The zero-order valence-electron chi connectivity index (χ0n) is 13.7. The summed E-state index contributed by atoms with van der Waals surface area (Å²) in [6.45, 7) is 2.52. The van der Waals surface area contributed by atoms with Gasteiger partial charge in [-0.1, -0.05) is 0 Å². The maximum atomic E-state index is 13.5. The summed E-state index contributed by atoms with van der Waals surface area (Å²) in [5, 5.41) is 4.32. The van der Waals surface area contributed by atoms with Crippen molar-refractivity contribution in [1.82, 2.24) is 10.3 Å². The summed E-state index contributed by atoms with van der Waals surface area (Å²) in [7, 11) is 0. The van der Waals surface area contributed by atoms with Crippen molar-refractivity contribution in [3.05, 3.63) is 45.4 Å². The quantitative estimate of drug-likeness (QED) is 0.911. The Labute approximate surface area is 148 Å². The fraction of sp³-hybridized carbons (Fsp3) is 0.444. The van der Waals surface area contributed by atoms with Crippen molar-refractivity contribution in [3.63, 3.8) is 0 Å². The van der Waals surface area contributed by atoms with Gasteiger partial charge in [-0.15, -0.1) is 11.3 Å². The summed E-state index contributed by atoms with van der Waals surface area (Å²) < 4.78 is 26.9. The number of rotatable bonds is 3. The number of fused-ring (bicyclic) bond motifs is 1. The Balaban J connectivity index is 1.50. The molecule has 4 nitrogen and oxygen atoms in total. The van der Waals surface area contributed by atoms with Gasteiger partial charge in [-0.05, 0) is 49.9 Å². The molecule has 2 aliphatic rings. The number of halogens is 2. The Bertz CT molecular complexity index is 802. The molecular weight excluding hydrogens is 344 g/mol. The summed E-state index contributed by atoms with van der Waals surface area (Å²) in [4.78, 5) is 19.3. The molecule has 0 aliphatic carbocycles. The third-order valence-electron chi connectivity index (χ3n) is 4.95. The maximum absolute atomic E-state index is 13.5. The van der Waals surface area contributed by atoms with E-state index < -0.39 is 11.6 Å². The van der Waals surface area contributed by atoms with E-state index in [2.05, 4.69) is 10.3 Å². The van der Waals surface area contributed by atoms with Crippen LogP contribution in [0.3, 0.4) is 0 Å². The third kappa shape index (κ3) is 3.30. The summed E-state index contributed by atoms with van der Waals surface area (Å²) in [5.74, 6) is -1.36. The van der Waals surface area contributed by atoms with Crippen molar-refractivity contribution >= 4 is 22.9 Å². The van der Waals surface area contributed by atoms with E-state index in [0.29, 0.717) is 35.0 Å². The Kier molecular flexibility index (Phi) is 4.52. The summed E-state index contributed by atoms with van der Waals surface area (Å²) in [5.41, 5.74) is 1.14. The minimum Gasteiger partial charge on any atom is -0.317 e. The molecule has 1 N–H and O–H groups in total. The molecule has 1 saturated heterocycles. The van der Waals surface area contributed by atoms with E-state index in [0.717, 1.165) is 43.4 Å². The Morgan fingerprint density at radius 3 is 2.84 bits per heavy atom. The second kappa shape index (κ2) is 6.80. The number of anilines is 1. The number of piperidine rings is 1. The van der Waals surface area contributed by atoms with E-state index in [9.17, 15) is 13.6 Å². The maximum Gasteiger partial charge on any atom is 0.270 e. The van der Waals surface area contributed by atoms with Gasteiger partial charge in [0.2, 0.25) is 0 Å². The van der Waals surface area contributed by atoms with Gasteiger partial charge >= 0.3 is 0 Å². The van der Waals surface area contributed by atoms with Gasteiger partial charge in [0.05, 0.1) is 16.9 Å². The average Bonchev–Trinajstić information content (AvgIpc) is 3.23. The minimum absolute atomic E-state index is 0.182. The fourth-order valence-corrected chi connectivity index (χ4v) is 4.54. The van der Waals surface area contributed by atoms with Crippen LogP contribution >= 0.6 is 11.3 Å². The van der Waals surface area contributed by atoms with E-state index in [1.807, 2.05) is 0 Å². The Morgan fingerprint density at radius 2 is 2.04 bits per heavy atom. The van der Waals surface area contributed by atoms with Gasteiger partial charge in [-0.25, -0.2) is 13.8 Å². The lowest BCUT2D eigenvalue weighted by Crippen LogP contribution is -2.28. The van der Waals surface area contributed by atoms with Gasteiger partial charge < -0.3 is 10.2 Å². The fourth-order valence-electron chi connectivity index (χ4n) is 3.56. The van der Waals surface area contributed by atoms with Crippen molar-refractivity contribution in [3.8, 4) is 0 Å². The van der Waals surface area contributed by atoms with Crippen LogP contribution in [0.25, 0.3) is 0 Å². The molecule has 0 atom stereocenters. The summed E-state index contributed by atoms with van der Waals surface area (Å²) in [6, 6.07) is 2.31. The lowest BCUT2D eigenvalue weighted by atomic mass is 9.95. The molecule has 132 valence electrons. The normalized spacial score (nSPS) is 17.8. The van der Waals surface area contributed by atoms with E-state index in [1.54, 1.807) is 6.20 Å². The van der Waals surface area contributed by atoms with E-state index in [4.69, 9.17) is 0 Å². The Hall–Kier alpha value is -1.86. The molecule has 7 heteroatoms. The summed E-state index contributed by atoms with van der Waals surface area (Å²) in [6.07, 6.45) is 5.32. The number of amides is 1. The second-order valence-electron chi connectivity index (χ2n) is 6.62. The van der Waals surface area contributed by atoms with Crippen LogP contribution in [0.1, 0.15) is 33.1 Å². The van der Waals surface area contributed by atoms with Crippen LogP contribution in [0.2, 0.25) is 0 Å². The minimum atomic E-state index is -0.922. The lowest BCUT2D eigenvalue weighted by molar-refractivity contribution is 0.0993. The lowest BCUT2D eigenvalue weighted by Gasteiger charge is -2.21. The molecule has 1 aromatic carbocycles. The number of carbonyl (C=O) groups is 1. The van der Waals surface area contributed by atoms with Crippen molar-refractivity contribution in [2.24, 2.45) is 5.92 Å². The van der Waals surface area contributed by atoms with Gasteiger partial charge in [0, 0.05) is 19.0 Å². The topological polar surface area (TPSA) is 45.2 Å². The van der Waals surface area contributed by atoms with Crippen molar-refractivity contribution in [2.75, 3.05) is 24.5 Å². The monoisotopic (exact) mass is 363 g/mol. The van der Waals surface area contributed by atoms with Gasteiger partial charge in [0.15, 0.2) is 11.6 Å². The number of carbonyl (C=O) groups excluding carboxylic acids is 1. The molecular formula is C18H19F2N3OS. The molecule has 0 radical (unpaired) electrons. The number of hydrogen-bond donors (Lipinski definition) is 1. The molecule has 2 aromatic rings. The molecule has 1 fully saturated rings. The standard InChI is InChI=1S/C18H19F2N3OS/c19-13-8-12-3-6-23(15(12)9-14(13)20)18(24)16-10-22-17(25-16)7-11-1-4-21-5-2-11/h8-11,21H,1-7H2. The number of thiazole rings is 1.